The Morgan fingerprint density at radius 1 is 0.423 bits per heavy atom. The van der Waals surface area contributed by atoms with E-state index in [4.69, 9.17) is 9.40 Å². The first kappa shape index (κ1) is 29.7. The molecule has 0 saturated carbocycles. The number of nitrogens with zero attached hydrogens (tertiary/aromatic N) is 3. The lowest BCUT2D eigenvalue weighted by molar-refractivity contribution is 0.669. The molecule has 0 aliphatic rings. The average Bonchev–Trinajstić information content (AvgIpc) is 3.75. The Hall–Kier alpha value is -7.22. The fourth-order valence-corrected chi connectivity index (χ4v) is 7.49. The molecule has 0 N–H and O–H groups in total. The van der Waals surface area contributed by atoms with Crippen molar-refractivity contribution in [2.45, 2.75) is 0 Å². The van der Waals surface area contributed by atoms with Crippen molar-refractivity contribution in [3.05, 3.63) is 181 Å². The minimum atomic E-state index is 0.632. The predicted octanol–water partition coefficient (Wildman–Crippen LogP) is 12.6. The fraction of sp³-hybridized carbons (Fsp3) is 0. The van der Waals surface area contributed by atoms with E-state index < -0.39 is 0 Å². The molecule has 0 bridgehead atoms. The van der Waals surface area contributed by atoms with Crippen molar-refractivity contribution < 1.29 is 4.42 Å². The van der Waals surface area contributed by atoms with Crippen LogP contribution in [-0.4, -0.2) is 9.55 Å². The largest absolute Gasteiger partial charge is 0.456 e. The van der Waals surface area contributed by atoms with Gasteiger partial charge in [0.1, 0.15) is 11.2 Å². The van der Waals surface area contributed by atoms with Gasteiger partial charge in [-0.25, -0.2) is 4.98 Å². The molecular formula is C48H29N3O. The normalized spacial score (nSPS) is 11.4. The van der Waals surface area contributed by atoms with Crippen molar-refractivity contribution in [1.82, 2.24) is 9.55 Å². The SMILES string of the molecule is N#Cc1ccc(-c2cc(-c3cc(-c4ccccc4)nc(-c4ccccc4)c3)cc(-n3c4ccccc4c4cc5oc6ccccc6c5cc43)c2)cc1. The zero-order valence-electron chi connectivity index (χ0n) is 28.0. The van der Waals surface area contributed by atoms with Crippen molar-refractivity contribution in [3.8, 4) is 56.5 Å². The lowest BCUT2D eigenvalue weighted by Crippen LogP contribution is -1.97. The Labute approximate surface area is 300 Å². The molecule has 3 aromatic heterocycles. The van der Waals surface area contributed by atoms with Gasteiger partial charge in [-0.2, -0.15) is 5.26 Å². The van der Waals surface area contributed by atoms with E-state index >= 15 is 0 Å². The molecule has 0 spiro atoms. The standard InChI is InChI=1S/C48H29N3O/c49-30-31-19-21-32(22-20-31)35-23-36(37-26-43(33-11-3-1-4-12-33)50-44(27-37)34-13-5-2-6-14-34)25-38(24-35)51-45-17-9-7-15-39(45)41-29-48-42(28-46(41)51)40-16-8-10-18-47(40)52-48/h1-29H. The van der Waals surface area contributed by atoms with E-state index in [0.717, 1.165) is 94.2 Å². The molecule has 10 rings (SSSR count). The van der Waals surface area contributed by atoms with Gasteiger partial charge in [0.05, 0.1) is 34.1 Å². The molecule has 0 atom stereocenters. The van der Waals surface area contributed by atoms with Gasteiger partial charge in [0.15, 0.2) is 0 Å². The van der Waals surface area contributed by atoms with Gasteiger partial charge in [-0.05, 0) is 89.0 Å². The number of rotatable bonds is 5. The highest BCUT2D eigenvalue weighted by atomic mass is 16.3. The summed E-state index contributed by atoms with van der Waals surface area (Å²) in [6.45, 7) is 0. The van der Waals surface area contributed by atoms with Crippen molar-refractivity contribution in [2.24, 2.45) is 0 Å². The highest BCUT2D eigenvalue weighted by molar-refractivity contribution is 6.17. The quantitative estimate of drug-likeness (QED) is 0.184. The molecule has 0 saturated heterocycles. The Bertz CT molecular complexity index is 2950. The maximum atomic E-state index is 9.56. The van der Waals surface area contributed by atoms with Gasteiger partial charge < -0.3 is 8.98 Å². The van der Waals surface area contributed by atoms with Crippen LogP contribution in [-0.2, 0) is 0 Å². The number of fused-ring (bicyclic) bond motifs is 6. The monoisotopic (exact) mass is 663 g/mol. The summed E-state index contributed by atoms with van der Waals surface area (Å²) in [5.41, 5.74) is 13.8. The van der Waals surface area contributed by atoms with E-state index in [-0.39, 0.29) is 0 Å². The van der Waals surface area contributed by atoms with Crippen LogP contribution in [0, 0.1) is 11.3 Å². The highest BCUT2D eigenvalue weighted by Gasteiger charge is 2.18. The Kier molecular flexibility index (Phi) is 6.84. The lowest BCUT2D eigenvalue weighted by Gasteiger charge is -2.16. The van der Waals surface area contributed by atoms with Gasteiger partial charge in [0.2, 0.25) is 0 Å². The third kappa shape index (κ3) is 4.95. The van der Waals surface area contributed by atoms with Crippen LogP contribution in [0.3, 0.4) is 0 Å². The molecule has 10 aromatic rings. The van der Waals surface area contributed by atoms with Crippen molar-refractivity contribution >= 4 is 43.7 Å². The van der Waals surface area contributed by atoms with E-state index in [0.29, 0.717) is 5.56 Å². The summed E-state index contributed by atoms with van der Waals surface area (Å²) in [5.74, 6) is 0. The number of pyridine rings is 1. The first-order valence-corrected chi connectivity index (χ1v) is 17.3. The van der Waals surface area contributed by atoms with Crippen molar-refractivity contribution in [1.29, 1.82) is 5.26 Å². The first-order valence-electron chi connectivity index (χ1n) is 17.3. The lowest BCUT2D eigenvalue weighted by atomic mass is 9.95. The summed E-state index contributed by atoms with van der Waals surface area (Å²) in [4.78, 5) is 5.16. The molecule has 0 aliphatic heterocycles. The Balaban J connectivity index is 1.27. The first-order chi connectivity index (χ1) is 25.7. The molecule has 3 heterocycles. The number of nitriles is 1. The number of benzene rings is 7. The van der Waals surface area contributed by atoms with E-state index in [1.807, 2.05) is 48.5 Å². The summed E-state index contributed by atoms with van der Waals surface area (Å²) in [7, 11) is 0. The molecule has 0 unspecified atom stereocenters. The van der Waals surface area contributed by atoms with Crippen LogP contribution in [0.1, 0.15) is 5.56 Å². The molecular weight excluding hydrogens is 635 g/mol. The molecule has 242 valence electrons. The fourth-order valence-electron chi connectivity index (χ4n) is 7.49. The second-order valence-corrected chi connectivity index (χ2v) is 13.1. The number of furan rings is 1. The molecule has 4 heteroatoms. The smallest absolute Gasteiger partial charge is 0.136 e. The maximum absolute atomic E-state index is 9.56. The third-order valence-electron chi connectivity index (χ3n) is 9.99. The van der Waals surface area contributed by atoms with Crippen LogP contribution in [0.2, 0.25) is 0 Å². The Morgan fingerprint density at radius 2 is 1.02 bits per heavy atom. The predicted molar refractivity (Wildman–Crippen MR) is 212 cm³/mol. The average molecular weight is 664 g/mol. The Morgan fingerprint density at radius 3 is 1.71 bits per heavy atom. The van der Waals surface area contributed by atoms with Crippen LogP contribution in [0.4, 0.5) is 0 Å². The molecule has 7 aromatic carbocycles. The van der Waals surface area contributed by atoms with Gasteiger partial charge in [-0.1, -0.05) is 109 Å². The number of hydrogen-bond donors (Lipinski definition) is 0. The topological polar surface area (TPSA) is 54.8 Å². The van der Waals surface area contributed by atoms with E-state index in [9.17, 15) is 5.26 Å². The van der Waals surface area contributed by atoms with Gasteiger partial charge in [0.25, 0.3) is 0 Å². The second-order valence-electron chi connectivity index (χ2n) is 13.1. The number of aromatic nitrogens is 2. The van der Waals surface area contributed by atoms with E-state index in [2.05, 4.69) is 138 Å². The second kappa shape index (κ2) is 12.0. The zero-order valence-corrected chi connectivity index (χ0v) is 28.0. The molecule has 0 aliphatic carbocycles. The van der Waals surface area contributed by atoms with Crippen LogP contribution in [0.5, 0.6) is 0 Å². The highest BCUT2D eigenvalue weighted by Crippen LogP contribution is 2.40. The van der Waals surface area contributed by atoms with Crippen LogP contribution < -0.4 is 0 Å². The van der Waals surface area contributed by atoms with Gasteiger partial charge in [-0.3, -0.25) is 0 Å². The summed E-state index contributed by atoms with van der Waals surface area (Å²) in [5, 5.41) is 14.0. The molecule has 4 nitrogen and oxygen atoms in total. The molecule has 0 fully saturated rings. The van der Waals surface area contributed by atoms with Crippen molar-refractivity contribution in [3.63, 3.8) is 0 Å². The number of hydrogen-bond acceptors (Lipinski definition) is 3. The summed E-state index contributed by atoms with van der Waals surface area (Å²) < 4.78 is 8.73. The van der Waals surface area contributed by atoms with Gasteiger partial charge in [-0.15, -0.1) is 0 Å². The summed E-state index contributed by atoms with van der Waals surface area (Å²) in [6, 6.07) is 63.3. The summed E-state index contributed by atoms with van der Waals surface area (Å²) >= 11 is 0. The molecule has 0 amide bonds. The van der Waals surface area contributed by atoms with E-state index in [1.165, 1.54) is 0 Å². The van der Waals surface area contributed by atoms with E-state index in [1.54, 1.807) is 0 Å². The molecule has 52 heavy (non-hydrogen) atoms. The van der Waals surface area contributed by atoms with Gasteiger partial charge in [0, 0.05) is 38.4 Å². The number of para-hydroxylation sites is 2. The van der Waals surface area contributed by atoms with Crippen LogP contribution in [0.15, 0.2) is 180 Å². The summed E-state index contributed by atoms with van der Waals surface area (Å²) in [6.07, 6.45) is 0. The zero-order chi connectivity index (χ0) is 34.6. The minimum absolute atomic E-state index is 0.632. The maximum Gasteiger partial charge on any atom is 0.136 e. The van der Waals surface area contributed by atoms with Crippen LogP contribution in [0.25, 0.3) is 94.2 Å². The molecule has 0 radical (unpaired) electrons. The minimum Gasteiger partial charge on any atom is -0.456 e. The van der Waals surface area contributed by atoms with Crippen LogP contribution >= 0.6 is 0 Å². The third-order valence-corrected chi connectivity index (χ3v) is 9.99. The van der Waals surface area contributed by atoms with Crippen molar-refractivity contribution in [2.75, 3.05) is 0 Å². The van der Waals surface area contributed by atoms with Gasteiger partial charge >= 0.3 is 0 Å².